The monoisotopic (exact) mass is 345 g/mol. The van der Waals surface area contributed by atoms with E-state index < -0.39 is 11.2 Å². The predicted molar refractivity (Wildman–Crippen MR) is 96.7 cm³/mol. The molecule has 1 amide bonds. The lowest BCUT2D eigenvalue weighted by atomic mass is 10.1. The van der Waals surface area contributed by atoms with Crippen molar-refractivity contribution in [2.45, 2.75) is 6.54 Å². The fourth-order valence-electron chi connectivity index (χ4n) is 2.18. The zero-order valence-corrected chi connectivity index (χ0v) is 13.7. The van der Waals surface area contributed by atoms with Crippen LogP contribution in [0.1, 0.15) is 27.2 Å². The molecule has 0 fully saturated rings. The van der Waals surface area contributed by atoms with E-state index in [-0.39, 0.29) is 18.2 Å². The molecular formula is C21H15NO4. The number of hydrogen-bond donors (Lipinski definition) is 2. The van der Waals surface area contributed by atoms with Crippen molar-refractivity contribution in [1.82, 2.24) is 5.32 Å². The van der Waals surface area contributed by atoms with E-state index in [1.807, 2.05) is 30.3 Å². The second-order valence-electron chi connectivity index (χ2n) is 5.47. The Morgan fingerprint density at radius 1 is 1.00 bits per heavy atom. The largest absolute Gasteiger partial charge is 0.502 e. The maximum atomic E-state index is 12.1. The lowest BCUT2D eigenvalue weighted by Gasteiger charge is -2.04. The molecule has 2 N–H and O–H groups in total. The summed E-state index contributed by atoms with van der Waals surface area (Å²) in [6.07, 6.45) is 0.948. The van der Waals surface area contributed by atoms with E-state index in [9.17, 15) is 9.59 Å². The van der Waals surface area contributed by atoms with Crippen molar-refractivity contribution in [2.24, 2.45) is 0 Å². The summed E-state index contributed by atoms with van der Waals surface area (Å²) in [5.41, 5.74) is 1.64. The Hall–Kier alpha value is -3.78. The summed E-state index contributed by atoms with van der Waals surface area (Å²) in [6.45, 7) is 0.0456. The van der Waals surface area contributed by atoms with Crippen LogP contribution in [-0.2, 0) is 6.54 Å². The molecule has 0 atom stereocenters. The van der Waals surface area contributed by atoms with Gasteiger partial charge in [0.25, 0.3) is 5.91 Å². The summed E-state index contributed by atoms with van der Waals surface area (Å²) in [6, 6.07) is 17.7. The maximum absolute atomic E-state index is 12.1. The summed E-state index contributed by atoms with van der Waals surface area (Å²) < 4.78 is 5.04. The molecular weight excluding hydrogens is 330 g/mol. The molecule has 1 aromatic heterocycles. The van der Waals surface area contributed by atoms with Gasteiger partial charge in [-0.3, -0.25) is 9.59 Å². The Kier molecular flexibility index (Phi) is 5.16. The molecule has 0 saturated carbocycles. The number of carbonyl (C=O) groups excluding carboxylic acids is 1. The zero-order chi connectivity index (χ0) is 18.4. The molecule has 0 unspecified atom stereocenters. The van der Waals surface area contributed by atoms with E-state index in [4.69, 9.17) is 9.52 Å². The Balaban J connectivity index is 1.62. The van der Waals surface area contributed by atoms with Crippen LogP contribution in [0.5, 0.6) is 5.75 Å². The molecule has 3 aromatic rings. The van der Waals surface area contributed by atoms with Crippen molar-refractivity contribution in [1.29, 1.82) is 0 Å². The third-order valence-corrected chi connectivity index (χ3v) is 3.56. The molecule has 3 rings (SSSR count). The molecule has 1 heterocycles. The maximum Gasteiger partial charge on any atom is 0.251 e. The van der Waals surface area contributed by atoms with Crippen molar-refractivity contribution in [3.05, 3.63) is 99.6 Å². The normalized spacial score (nSPS) is 9.85. The first-order chi connectivity index (χ1) is 12.6. The van der Waals surface area contributed by atoms with Crippen LogP contribution in [0.4, 0.5) is 0 Å². The number of amides is 1. The van der Waals surface area contributed by atoms with Crippen molar-refractivity contribution in [3.63, 3.8) is 0 Å². The van der Waals surface area contributed by atoms with Crippen LogP contribution in [0.25, 0.3) is 0 Å². The number of aromatic hydroxyl groups is 1. The van der Waals surface area contributed by atoms with Crippen molar-refractivity contribution < 1.29 is 14.3 Å². The fourth-order valence-corrected chi connectivity index (χ4v) is 2.18. The van der Waals surface area contributed by atoms with Gasteiger partial charge in [0.1, 0.15) is 12.0 Å². The van der Waals surface area contributed by atoms with Crippen LogP contribution < -0.4 is 10.7 Å². The standard InChI is InChI=1S/C21H15NO4/c23-19-12-18(26-14-20(19)24)13-22-21(25)17-10-8-16(9-11-17)7-6-15-4-2-1-3-5-15/h1-5,8-12,14,24H,13H2,(H,22,25). The van der Waals surface area contributed by atoms with Gasteiger partial charge in [0.05, 0.1) is 6.54 Å². The highest BCUT2D eigenvalue weighted by Crippen LogP contribution is 2.06. The fraction of sp³-hybridized carbons (Fsp3) is 0.0476. The number of carbonyl (C=O) groups is 1. The second-order valence-corrected chi connectivity index (χ2v) is 5.47. The quantitative estimate of drug-likeness (QED) is 0.715. The zero-order valence-electron chi connectivity index (χ0n) is 13.7. The van der Waals surface area contributed by atoms with Gasteiger partial charge in [-0.15, -0.1) is 0 Å². The third-order valence-electron chi connectivity index (χ3n) is 3.56. The molecule has 2 aromatic carbocycles. The summed E-state index contributed by atoms with van der Waals surface area (Å²) in [5, 5.41) is 11.8. The van der Waals surface area contributed by atoms with Crippen LogP contribution in [0.2, 0.25) is 0 Å². The SMILES string of the molecule is O=C(NCc1cc(=O)c(O)co1)c1ccc(C#Cc2ccccc2)cc1. The topological polar surface area (TPSA) is 79.5 Å². The number of nitrogens with one attached hydrogen (secondary N) is 1. The average Bonchev–Trinajstić information content (AvgIpc) is 2.68. The molecule has 0 spiro atoms. The summed E-state index contributed by atoms with van der Waals surface area (Å²) in [7, 11) is 0. The second kappa shape index (κ2) is 7.86. The van der Waals surface area contributed by atoms with E-state index in [1.54, 1.807) is 24.3 Å². The molecule has 5 heteroatoms. The van der Waals surface area contributed by atoms with E-state index >= 15 is 0 Å². The van der Waals surface area contributed by atoms with Gasteiger partial charge < -0.3 is 14.8 Å². The molecule has 5 nitrogen and oxygen atoms in total. The molecule has 128 valence electrons. The van der Waals surface area contributed by atoms with E-state index in [2.05, 4.69) is 17.2 Å². The molecule has 0 aliphatic rings. The Bertz CT molecular complexity index is 1030. The predicted octanol–water partition coefficient (Wildman–Crippen LogP) is 2.68. The number of hydrogen-bond acceptors (Lipinski definition) is 4. The highest BCUT2D eigenvalue weighted by Gasteiger charge is 2.07. The first-order valence-electron chi connectivity index (χ1n) is 7.88. The lowest BCUT2D eigenvalue weighted by Crippen LogP contribution is -2.23. The molecule has 0 saturated heterocycles. The lowest BCUT2D eigenvalue weighted by molar-refractivity contribution is 0.0948. The van der Waals surface area contributed by atoms with Crippen LogP contribution >= 0.6 is 0 Å². The average molecular weight is 345 g/mol. The Morgan fingerprint density at radius 2 is 1.65 bits per heavy atom. The van der Waals surface area contributed by atoms with Gasteiger partial charge in [-0.1, -0.05) is 30.0 Å². The van der Waals surface area contributed by atoms with Crippen molar-refractivity contribution >= 4 is 5.91 Å². The van der Waals surface area contributed by atoms with Crippen LogP contribution in [0, 0.1) is 11.8 Å². The van der Waals surface area contributed by atoms with E-state index in [0.29, 0.717) is 5.56 Å². The molecule has 26 heavy (non-hydrogen) atoms. The summed E-state index contributed by atoms with van der Waals surface area (Å²) in [4.78, 5) is 23.5. The van der Waals surface area contributed by atoms with Gasteiger partial charge in [-0.2, -0.15) is 0 Å². The Morgan fingerprint density at radius 3 is 2.31 bits per heavy atom. The first kappa shape index (κ1) is 17.1. The smallest absolute Gasteiger partial charge is 0.251 e. The van der Waals surface area contributed by atoms with Gasteiger partial charge >= 0.3 is 0 Å². The van der Waals surface area contributed by atoms with Gasteiger partial charge in [-0.05, 0) is 36.4 Å². The Labute approximate surface area is 149 Å². The number of rotatable bonds is 3. The van der Waals surface area contributed by atoms with Crippen molar-refractivity contribution in [3.8, 4) is 17.6 Å². The van der Waals surface area contributed by atoms with E-state index in [1.165, 1.54) is 0 Å². The minimum Gasteiger partial charge on any atom is -0.502 e. The van der Waals surface area contributed by atoms with Crippen LogP contribution in [-0.4, -0.2) is 11.0 Å². The van der Waals surface area contributed by atoms with Crippen molar-refractivity contribution in [2.75, 3.05) is 0 Å². The summed E-state index contributed by atoms with van der Waals surface area (Å²) >= 11 is 0. The molecule has 0 aliphatic carbocycles. The van der Waals surface area contributed by atoms with Gasteiger partial charge in [0.2, 0.25) is 5.43 Å². The van der Waals surface area contributed by atoms with Gasteiger partial charge in [0.15, 0.2) is 5.75 Å². The minimum absolute atomic E-state index is 0.0456. The van der Waals surface area contributed by atoms with Gasteiger partial charge in [0, 0.05) is 22.8 Å². The summed E-state index contributed by atoms with van der Waals surface area (Å²) in [5.74, 6) is 5.58. The number of benzene rings is 2. The molecule has 0 bridgehead atoms. The van der Waals surface area contributed by atoms with E-state index in [0.717, 1.165) is 23.5 Å². The highest BCUT2D eigenvalue weighted by molar-refractivity contribution is 5.94. The van der Waals surface area contributed by atoms with Gasteiger partial charge in [-0.25, -0.2) is 0 Å². The van der Waals surface area contributed by atoms with Crippen LogP contribution in [0.15, 0.2) is 76.1 Å². The molecule has 0 aliphatic heterocycles. The minimum atomic E-state index is -0.554. The highest BCUT2D eigenvalue weighted by atomic mass is 16.4. The molecule has 0 radical (unpaired) electrons. The van der Waals surface area contributed by atoms with Crippen LogP contribution in [0.3, 0.4) is 0 Å². The first-order valence-corrected chi connectivity index (χ1v) is 7.88. The third kappa shape index (κ3) is 4.40.